The molecular weight excluding hydrogens is 309 g/mol. The number of hydrogen-bond donors (Lipinski definition) is 1. The molecule has 24 heavy (non-hydrogen) atoms. The van der Waals surface area contributed by atoms with E-state index in [9.17, 15) is 9.18 Å². The highest BCUT2D eigenvalue weighted by molar-refractivity contribution is 6.02. The van der Waals surface area contributed by atoms with Crippen LogP contribution in [0.3, 0.4) is 0 Å². The van der Waals surface area contributed by atoms with E-state index < -0.39 is 11.7 Å². The number of methoxy groups -OCH3 is 1. The summed E-state index contributed by atoms with van der Waals surface area (Å²) in [6.45, 7) is 0.460. The Morgan fingerprint density at radius 1 is 1.12 bits per heavy atom. The first-order valence-corrected chi connectivity index (χ1v) is 7.41. The van der Waals surface area contributed by atoms with Gasteiger partial charge in [-0.1, -0.05) is 24.3 Å². The van der Waals surface area contributed by atoms with Crippen molar-refractivity contribution in [1.82, 2.24) is 0 Å². The van der Waals surface area contributed by atoms with Crippen LogP contribution in [0.1, 0.15) is 16.1 Å². The maximum Gasteiger partial charge on any atom is 0.291 e. The SMILES string of the molecule is COCc1cccc(NC(=O)c2ccc(-c3ccccc3F)o2)c1. The molecule has 0 fully saturated rings. The summed E-state index contributed by atoms with van der Waals surface area (Å²) in [5, 5.41) is 2.75. The first-order chi connectivity index (χ1) is 11.7. The highest BCUT2D eigenvalue weighted by atomic mass is 19.1. The fraction of sp³-hybridized carbons (Fsp3) is 0.105. The number of amides is 1. The van der Waals surface area contributed by atoms with Gasteiger partial charge in [0.05, 0.1) is 12.2 Å². The van der Waals surface area contributed by atoms with Gasteiger partial charge < -0.3 is 14.5 Å². The number of carbonyl (C=O) groups is 1. The Kier molecular flexibility index (Phi) is 4.72. The summed E-state index contributed by atoms with van der Waals surface area (Å²) in [5.41, 5.74) is 1.90. The molecule has 1 amide bonds. The van der Waals surface area contributed by atoms with Gasteiger partial charge in [-0.2, -0.15) is 0 Å². The molecule has 1 N–H and O–H groups in total. The van der Waals surface area contributed by atoms with Crippen LogP contribution in [0.15, 0.2) is 65.1 Å². The lowest BCUT2D eigenvalue weighted by Crippen LogP contribution is -2.11. The maximum absolute atomic E-state index is 13.8. The Labute approximate surface area is 138 Å². The highest BCUT2D eigenvalue weighted by Gasteiger charge is 2.14. The summed E-state index contributed by atoms with van der Waals surface area (Å²) in [6, 6.07) is 16.7. The molecule has 0 aliphatic carbocycles. The molecule has 122 valence electrons. The number of halogens is 1. The normalized spacial score (nSPS) is 10.6. The Morgan fingerprint density at radius 3 is 2.75 bits per heavy atom. The number of rotatable bonds is 5. The van der Waals surface area contributed by atoms with Gasteiger partial charge in [0.2, 0.25) is 0 Å². The molecule has 0 aliphatic heterocycles. The van der Waals surface area contributed by atoms with E-state index in [0.717, 1.165) is 5.56 Å². The van der Waals surface area contributed by atoms with Crippen molar-refractivity contribution in [3.63, 3.8) is 0 Å². The first-order valence-electron chi connectivity index (χ1n) is 7.41. The Balaban J connectivity index is 1.77. The van der Waals surface area contributed by atoms with Crippen LogP contribution in [-0.4, -0.2) is 13.0 Å². The van der Waals surface area contributed by atoms with Gasteiger partial charge in [0.1, 0.15) is 11.6 Å². The predicted molar refractivity (Wildman–Crippen MR) is 89.2 cm³/mol. The van der Waals surface area contributed by atoms with Crippen LogP contribution in [0.2, 0.25) is 0 Å². The zero-order chi connectivity index (χ0) is 16.9. The summed E-state index contributed by atoms with van der Waals surface area (Å²) in [4.78, 5) is 12.3. The van der Waals surface area contributed by atoms with Crippen molar-refractivity contribution in [3.8, 4) is 11.3 Å². The van der Waals surface area contributed by atoms with E-state index in [1.165, 1.54) is 12.1 Å². The number of hydrogen-bond acceptors (Lipinski definition) is 3. The zero-order valence-corrected chi connectivity index (χ0v) is 13.1. The number of benzene rings is 2. The van der Waals surface area contributed by atoms with Crippen molar-refractivity contribution in [2.45, 2.75) is 6.61 Å². The number of nitrogens with one attached hydrogen (secondary N) is 1. The number of ether oxygens (including phenoxy) is 1. The van der Waals surface area contributed by atoms with Gasteiger partial charge in [-0.05, 0) is 42.0 Å². The van der Waals surface area contributed by atoms with Crippen LogP contribution in [0.4, 0.5) is 10.1 Å². The van der Waals surface area contributed by atoms with Gasteiger partial charge in [0.15, 0.2) is 5.76 Å². The molecule has 0 spiro atoms. The number of furan rings is 1. The van der Waals surface area contributed by atoms with Crippen molar-refractivity contribution in [2.75, 3.05) is 12.4 Å². The molecule has 0 radical (unpaired) electrons. The molecule has 0 saturated heterocycles. The quantitative estimate of drug-likeness (QED) is 0.752. The minimum Gasteiger partial charge on any atom is -0.451 e. The molecule has 1 aromatic heterocycles. The summed E-state index contributed by atoms with van der Waals surface area (Å²) in [5.74, 6) is -0.366. The van der Waals surface area contributed by atoms with Crippen molar-refractivity contribution in [1.29, 1.82) is 0 Å². The van der Waals surface area contributed by atoms with Gasteiger partial charge in [-0.3, -0.25) is 4.79 Å². The van der Waals surface area contributed by atoms with Crippen molar-refractivity contribution in [2.24, 2.45) is 0 Å². The molecule has 0 bridgehead atoms. The standard InChI is InChI=1S/C19H16FNO3/c1-23-12-13-5-4-6-14(11-13)21-19(22)18-10-9-17(24-18)15-7-2-3-8-16(15)20/h2-11H,12H2,1H3,(H,21,22). The van der Waals surface area contributed by atoms with Crippen molar-refractivity contribution >= 4 is 11.6 Å². The minimum atomic E-state index is -0.397. The van der Waals surface area contributed by atoms with Crippen LogP contribution in [0.5, 0.6) is 0 Å². The Morgan fingerprint density at radius 2 is 1.96 bits per heavy atom. The van der Waals surface area contributed by atoms with Gasteiger partial charge in [0.25, 0.3) is 5.91 Å². The van der Waals surface area contributed by atoms with Gasteiger partial charge >= 0.3 is 0 Å². The molecule has 0 unspecified atom stereocenters. The second-order valence-corrected chi connectivity index (χ2v) is 5.23. The average Bonchev–Trinajstić information content (AvgIpc) is 3.06. The Bertz CT molecular complexity index is 857. The van der Waals surface area contributed by atoms with Gasteiger partial charge in [-0.15, -0.1) is 0 Å². The molecular formula is C19H16FNO3. The molecule has 4 nitrogen and oxygen atoms in total. The van der Waals surface area contributed by atoms with Crippen LogP contribution >= 0.6 is 0 Å². The van der Waals surface area contributed by atoms with E-state index in [0.29, 0.717) is 23.6 Å². The maximum atomic E-state index is 13.8. The molecule has 0 atom stereocenters. The highest BCUT2D eigenvalue weighted by Crippen LogP contribution is 2.25. The predicted octanol–water partition coefficient (Wildman–Crippen LogP) is 4.48. The number of anilines is 1. The second-order valence-electron chi connectivity index (χ2n) is 5.23. The Hall–Kier alpha value is -2.92. The van der Waals surface area contributed by atoms with Gasteiger partial charge in [0, 0.05) is 12.8 Å². The lowest BCUT2D eigenvalue weighted by Gasteiger charge is -2.06. The third-order valence-corrected chi connectivity index (χ3v) is 3.46. The summed E-state index contributed by atoms with van der Waals surface area (Å²) in [6.07, 6.45) is 0. The molecule has 3 rings (SSSR count). The van der Waals surface area contributed by atoms with Crippen LogP contribution < -0.4 is 5.32 Å². The molecule has 3 aromatic rings. The zero-order valence-electron chi connectivity index (χ0n) is 13.1. The third-order valence-electron chi connectivity index (χ3n) is 3.46. The van der Waals surface area contributed by atoms with Crippen molar-refractivity contribution < 1.29 is 18.3 Å². The van der Waals surface area contributed by atoms with E-state index in [1.54, 1.807) is 37.4 Å². The lowest BCUT2D eigenvalue weighted by molar-refractivity contribution is 0.0997. The number of carbonyl (C=O) groups excluding carboxylic acids is 1. The fourth-order valence-electron chi connectivity index (χ4n) is 2.36. The van der Waals surface area contributed by atoms with Crippen LogP contribution in [-0.2, 0) is 11.3 Å². The molecule has 1 heterocycles. The van der Waals surface area contributed by atoms with E-state index in [2.05, 4.69) is 5.32 Å². The second kappa shape index (κ2) is 7.10. The molecule has 0 saturated carbocycles. The lowest BCUT2D eigenvalue weighted by atomic mass is 10.1. The van der Waals surface area contributed by atoms with Crippen molar-refractivity contribution in [3.05, 3.63) is 77.8 Å². The monoisotopic (exact) mass is 325 g/mol. The largest absolute Gasteiger partial charge is 0.451 e. The smallest absolute Gasteiger partial charge is 0.291 e. The summed E-state index contributed by atoms with van der Waals surface area (Å²) < 4.78 is 24.3. The van der Waals surface area contributed by atoms with Gasteiger partial charge in [-0.25, -0.2) is 4.39 Å². The average molecular weight is 325 g/mol. The van der Waals surface area contributed by atoms with E-state index in [4.69, 9.17) is 9.15 Å². The molecule has 0 aliphatic rings. The van der Waals surface area contributed by atoms with E-state index >= 15 is 0 Å². The fourth-order valence-corrected chi connectivity index (χ4v) is 2.36. The topological polar surface area (TPSA) is 51.5 Å². The summed E-state index contributed by atoms with van der Waals surface area (Å²) >= 11 is 0. The van der Waals surface area contributed by atoms with E-state index in [1.807, 2.05) is 18.2 Å². The molecule has 5 heteroatoms. The van der Waals surface area contributed by atoms with Crippen LogP contribution in [0, 0.1) is 5.82 Å². The van der Waals surface area contributed by atoms with E-state index in [-0.39, 0.29) is 5.76 Å². The minimum absolute atomic E-state index is 0.116. The first kappa shape index (κ1) is 16.0. The summed E-state index contributed by atoms with van der Waals surface area (Å²) in [7, 11) is 1.61. The molecule has 2 aromatic carbocycles. The van der Waals surface area contributed by atoms with Crippen LogP contribution in [0.25, 0.3) is 11.3 Å². The third kappa shape index (κ3) is 3.52.